The molecule has 2 rings (SSSR count). The van der Waals surface area contributed by atoms with E-state index in [0.29, 0.717) is 10.9 Å². The van der Waals surface area contributed by atoms with Gasteiger partial charge in [0.25, 0.3) is 5.56 Å². The maximum Gasteiger partial charge on any atom is 0.267 e. The van der Waals surface area contributed by atoms with Crippen LogP contribution in [0.3, 0.4) is 0 Å². The van der Waals surface area contributed by atoms with Gasteiger partial charge in [0.1, 0.15) is 11.6 Å². The fourth-order valence-electron chi connectivity index (χ4n) is 1.47. The van der Waals surface area contributed by atoms with E-state index in [2.05, 4.69) is 4.98 Å². The molecule has 1 aromatic heterocycles. The number of H-pyrrole nitrogens is 1. The zero-order valence-electron chi connectivity index (χ0n) is 7.97. The minimum absolute atomic E-state index is 0.0326. The lowest BCUT2D eigenvalue weighted by atomic mass is 10.1. The molecule has 0 fully saturated rings. The van der Waals surface area contributed by atoms with Crippen molar-refractivity contribution in [3.63, 3.8) is 0 Å². The molecule has 0 aliphatic heterocycles. The highest BCUT2D eigenvalue weighted by molar-refractivity contribution is 6.36. The third kappa shape index (κ3) is 1.49. The van der Waals surface area contributed by atoms with Gasteiger partial charge in [-0.15, -0.1) is 0 Å². The Balaban J connectivity index is 3.00. The smallest absolute Gasteiger partial charge is 0.267 e. The third-order valence-corrected chi connectivity index (χ3v) is 2.61. The van der Waals surface area contributed by atoms with Gasteiger partial charge >= 0.3 is 0 Å². The topological polar surface area (TPSA) is 56.6 Å². The Hall–Kier alpha value is -1.79. The summed E-state index contributed by atoms with van der Waals surface area (Å²) in [4.78, 5) is 14.0. The van der Waals surface area contributed by atoms with Gasteiger partial charge in [0.2, 0.25) is 0 Å². The number of pyridine rings is 1. The van der Waals surface area contributed by atoms with Gasteiger partial charge in [-0.1, -0.05) is 23.2 Å². The maximum atomic E-state index is 11.4. The van der Waals surface area contributed by atoms with Crippen molar-refractivity contribution in [3.8, 4) is 6.07 Å². The van der Waals surface area contributed by atoms with Crippen LogP contribution in [0.15, 0.2) is 23.0 Å². The Labute approximate surface area is 90.9 Å². The number of nitrogens with zero attached hydrogens (tertiary/aromatic N) is 1. The summed E-state index contributed by atoms with van der Waals surface area (Å²) in [6.07, 6.45) is 0. The summed E-state index contributed by atoms with van der Waals surface area (Å²) in [6.45, 7) is 1.92. The molecule has 4 heteroatoms. The normalized spacial score (nSPS) is 10.2. The minimum Gasteiger partial charge on any atom is -0.321 e. The number of rotatable bonds is 0. The molecular formula is C11H7ClN2O. The number of fused-ring (bicyclic) bond motifs is 1. The summed E-state index contributed by atoms with van der Waals surface area (Å²) in [5.41, 5.74) is 1.20. The Bertz CT molecular complexity index is 637. The number of halogens is 1. The molecule has 0 spiro atoms. The maximum absolute atomic E-state index is 11.4. The van der Waals surface area contributed by atoms with Crippen LogP contribution in [0.1, 0.15) is 11.1 Å². The van der Waals surface area contributed by atoms with Crippen LogP contribution in [0.25, 0.3) is 10.9 Å². The van der Waals surface area contributed by atoms with Gasteiger partial charge in [-0.05, 0) is 19.1 Å². The average Bonchev–Trinajstić information content (AvgIpc) is 2.20. The van der Waals surface area contributed by atoms with Crippen molar-refractivity contribution in [2.75, 3.05) is 0 Å². The first-order chi connectivity index (χ1) is 7.13. The van der Waals surface area contributed by atoms with Crippen LogP contribution >= 0.6 is 11.6 Å². The number of hydrogen-bond acceptors (Lipinski definition) is 2. The second kappa shape index (κ2) is 3.41. The number of aromatic amines is 1. The summed E-state index contributed by atoms with van der Waals surface area (Å²) in [6, 6.07) is 7.29. The number of hydrogen-bond donors (Lipinski definition) is 1. The van der Waals surface area contributed by atoms with Crippen molar-refractivity contribution in [2.24, 2.45) is 0 Å². The van der Waals surface area contributed by atoms with Crippen molar-refractivity contribution in [2.45, 2.75) is 6.92 Å². The number of benzene rings is 1. The lowest BCUT2D eigenvalue weighted by Crippen LogP contribution is -2.10. The molecule has 0 bridgehead atoms. The molecule has 74 valence electrons. The Morgan fingerprint density at radius 1 is 1.47 bits per heavy atom. The molecule has 0 aliphatic carbocycles. The SMILES string of the molecule is Cc1ccc2[nH]c(=O)c(C#N)c(Cl)c2c1. The first-order valence-corrected chi connectivity index (χ1v) is 4.73. The number of aryl methyl sites for hydroxylation is 1. The van der Waals surface area contributed by atoms with E-state index in [1.807, 2.05) is 19.1 Å². The predicted molar refractivity (Wildman–Crippen MR) is 59.0 cm³/mol. The molecule has 0 saturated carbocycles. The van der Waals surface area contributed by atoms with Gasteiger partial charge in [0, 0.05) is 10.9 Å². The van der Waals surface area contributed by atoms with Crippen LogP contribution in [-0.4, -0.2) is 4.98 Å². The average molecular weight is 219 g/mol. The highest BCUT2D eigenvalue weighted by atomic mass is 35.5. The van der Waals surface area contributed by atoms with Gasteiger partial charge in [-0.2, -0.15) is 5.26 Å². The molecular weight excluding hydrogens is 212 g/mol. The van der Waals surface area contributed by atoms with Gasteiger partial charge in [-0.3, -0.25) is 4.79 Å². The molecule has 0 amide bonds. The molecule has 0 aliphatic rings. The summed E-state index contributed by atoms with van der Waals surface area (Å²) in [5, 5.41) is 9.70. The summed E-state index contributed by atoms with van der Waals surface area (Å²) >= 11 is 5.98. The fraction of sp³-hybridized carbons (Fsp3) is 0.0909. The second-order valence-corrected chi connectivity index (χ2v) is 3.68. The first kappa shape index (κ1) is 9.75. The largest absolute Gasteiger partial charge is 0.321 e. The van der Waals surface area contributed by atoms with E-state index >= 15 is 0 Å². The van der Waals surface area contributed by atoms with Crippen LogP contribution in [0.5, 0.6) is 0 Å². The van der Waals surface area contributed by atoms with E-state index in [4.69, 9.17) is 16.9 Å². The molecule has 1 N–H and O–H groups in total. The molecule has 3 nitrogen and oxygen atoms in total. The molecule has 0 radical (unpaired) electrons. The summed E-state index contributed by atoms with van der Waals surface area (Å²) in [7, 11) is 0. The van der Waals surface area contributed by atoms with E-state index in [0.717, 1.165) is 5.56 Å². The monoisotopic (exact) mass is 218 g/mol. The second-order valence-electron chi connectivity index (χ2n) is 3.30. The van der Waals surface area contributed by atoms with Crippen molar-refractivity contribution >= 4 is 22.5 Å². The molecule has 0 atom stereocenters. The Morgan fingerprint density at radius 2 is 2.20 bits per heavy atom. The van der Waals surface area contributed by atoms with Crippen molar-refractivity contribution in [3.05, 3.63) is 44.7 Å². The van der Waals surface area contributed by atoms with Crippen LogP contribution in [0.4, 0.5) is 0 Å². The summed E-state index contributed by atoms with van der Waals surface area (Å²) in [5.74, 6) is 0. The van der Waals surface area contributed by atoms with E-state index in [1.165, 1.54) is 0 Å². The highest BCUT2D eigenvalue weighted by Gasteiger charge is 2.09. The Morgan fingerprint density at radius 3 is 2.87 bits per heavy atom. The molecule has 15 heavy (non-hydrogen) atoms. The zero-order valence-corrected chi connectivity index (χ0v) is 8.72. The zero-order chi connectivity index (χ0) is 11.0. The molecule has 1 aromatic carbocycles. The molecule has 0 saturated heterocycles. The van der Waals surface area contributed by atoms with Crippen LogP contribution in [-0.2, 0) is 0 Å². The van der Waals surface area contributed by atoms with Crippen molar-refractivity contribution < 1.29 is 0 Å². The lowest BCUT2D eigenvalue weighted by Gasteiger charge is -2.02. The quantitative estimate of drug-likeness (QED) is 0.738. The Kier molecular flexibility index (Phi) is 2.22. The van der Waals surface area contributed by atoms with Crippen molar-refractivity contribution in [1.29, 1.82) is 5.26 Å². The lowest BCUT2D eigenvalue weighted by molar-refractivity contribution is 1.27. The predicted octanol–water partition coefficient (Wildman–Crippen LogP) is 2.36. The minimum atomic E-state index is -0.446. The fourth-order valence-corrected chi connectivity index (χ4v) is 1.75. The van der Waals surface area contributed by atoms with Crippen LogP contribution in [0.2, 0.25) is 5.02 Å². The number of nitriles is 1. The summed E-state index contributed by atoms with van der Waals surface area (Å²) < 4.78 is 0. The number of aromatic nitrogens is 1. The van der Waals surface area contributed by atoms with Gasteiger partial charge in [0.15, 0.2) is 0 Å². The van der Waals surface area contributed by atoms with Crippen LogP contribution in [0, 0.1) is 18.3 Å². The molecule has 1 heterocycles. The van der Waals surface area contributed by atoms with E-state index in [-0.39, 0.29) is 10.6 Å². The first-order valence-electron chi connectivity index (χ1n) is 4.35. The highest BCUT2D eigenvalue weighted by Crippen LogP contribution is 2.23. The van der Waals surface area contributed by atoms with Gasteiger partial charge < -0.3 is 4.98 Å². The van der Waals surface area contributed by atoms with E-state index < -0.39 is 5.56 Å². The third-order valence-electron chi connectivity index (χ3n) is 2.22. The van der Waals surface area contributed by atoms with Crippen molar-refractivity contribution in [1.82, 2.24) is 4.98 Å². The standard InChI is InChI=1S/C11H7ClN2O/c1-6-2-3-9-7(4-6)10(12)8(5-13)11(15)14-9/h2-4H,1H3,(H,14,15). The van der Waals surface area contributed by atoms with Gasteiger partial charge in [-0.25, -0.2) is 0 Å². The number of nitrogens with one attached hydrogen (secondary N) is 1. The van der Waals surface area contributed by atoms with E-state index in [1.54, 1.807) is 12.1 Å². The van der Waals surface area contributed by atoms with Crippen LogP contribution < -0.4 is 5.56 Å². The molecule has 0 unspecified atom stereocenters. The van der Waals surface area contributed by atoms with Gasteiger partial charge in [0.05, 0.1) is 5.02 Å². The van der Waals surface area contributed by atoms with E-state index in [9.17, 15) is 4.79 Å². The molecule has 2 aromatic rings.